The average Bonchev–Trinajstić information content (AvgIpc) is 2.29. The molecule has 1 fully saturated rings. The zero-order chi connectivity index (χ0) is 11.6. The molecular formula is C14H25NO. The number of nitrogens with two attached hydrogens (primary N) is 1. The third-order valence-electron chi connectivity index (χ3n) is 4.28. The number of rotatable bonds is 2. The molecule has 2 rings (SSSR count). The predicted molar refractivity (Wildman–Crippen MR) is 67.0 cm³/mol. The molecule has 0 aromatic heterocycles. The minimum absolute atomic E-state index is 0.247. The molecule has 0 amide bonds. The Morgan fingerprint density at radius 2 is 2.06 bits per heavy atom. The topological polar surface area (TPSA) is 35.2 Å². The highest BCUT2D eigenvalue weighted by Gasteiger charge is 2.31. The number of hydrogen-bond donors (Lipinski definition) is 1. The molecule has 0 aromatic rings. The summed E-state index contributed by atoms with van der Waals surface area (Å²) >= 11 is 0. The SMILES string of the molecule is CC1(C)CCC(C(N)C2=COCCC2)CC1. The normalized spacial score (nSPS) is 28.1. The van der Waals surface area contributed by atoms with Gasteiger partial charge in [-0.2, -0.15) is 0 Å². The molecule has 1 saturated carbocycles. The zero-order valence-corrected chi connectivity index (χ0v) is 10.7. The van der Waals surface area contributed by atoms with Crippen molar-refractivity contribution in [3.8, 4) is 0 Å². The summed E-state index contributed by atoms with van der Waals surface area (Å²) in [7, 11) is 0. The Morgan fingerprint density at radius 1 is 1.38 bits per heavy atom. The van der Waals surface area contributed by atoms with E-state index < -0.39 is 0 Å². The molecule has 2 N–H and O–H groups in total. The summed E-state index contributed by atoms with van der Waals surface area (Å²) < 4.78 is 5.39. The Balaban J connectivity index is 1.91. The number of hydrogen-bond acceptors (Lipinski definition) is 2. The summed E-state index contributed by atoms with van der Waals surface area (Å²) in [6, 6.07) is 0.247. The van der Waals surface area contributed by atoms with E-state index in [0.717, 1.165) is 19.4 Å². The van der Waals surface area contributed by atoms with Gasteiger partial charge in [0.1, 0.15) is 0 Å². The maximum absolute atomic E-state index is 6.36. The van der Waals surface area contributed by atoms with E-state index in [1.54, 1.807) is 0 Å². The zero-order valence-electron chi connectivity index (χ0n) is 10.7. The van der Waals surface area contributed by atoms with Crippen molar-refractivity contribution in [2.24, 2.45) is 17.1 Å². The van der Waals surface area contributed by atoms with Gasteiger partial charge in [0.2, 0.25) is 0 Å². The Hall–Kier alpha value is -0.500. The van der Waals surface area contributed by atoms with Gasteiger partial charge >= 0.3 is 0 Å². The molecule has 0 spiro atoms. The molecular weight excluding hydrogens is 198 g/mol. The Kier molecular flexibility index (Phi) is 3.58. The smallest absolute Gasteiger partial charge is 0.0876 e. The van der Waals surface area contributed by atoms with E-state index >= 15 is 0 Å². The molecule has 1 aliphatic heterocycles. The molecule has 1 atom stereocenters. The Morgan fingerprint density at radius 3 is 2.62 bits per heavy atom. The van der Waals surface area contributed by atoms with Crippen LogP contribution in [0.2, 0.25) is 0 Å². The largest absolute Gasteiger partial charge is 0.501 e. The molecule has 1 aliphatic carbocycles. The molecule has 0 radical (unpaired) electrons. The predicted octanol–water partition coefficient (Wildman–Crippen LogP) is 3.22. The first-order chi connectivity index (χ1) is 7.58. The highest BCUT2D eigenvalue weighted by Crippen LogP contribution is 2.40. The third-order valence-corrected chi connectivity index (χ3v) is 4.28. The van der Waals surface area contributed by atoms with Gasteiger partial charge < -0.3 is 10.5 Å². The summed E-state index contributed by atoms with van der Waals surface area (Å²) in [5.41, 5.74) is 8.24. The van der Waals surface area contributed by atoms with E-state index in [-0.39, 0.29) is 6.04 Å². The van der Waals surface area contributed by atoms with Crippen molar-refractivity contribution in [3.63, 3.8) is 0 Å². The first kappa shape index (κ1) is 12.0. The number of ether oxygens (including phenoxy) is 1. The summed E-state index contributed by atoms with van der Waals surface area (Å²) in [4.78, 5) is 0. The lowest BCUT2D eigenvalue weighted by Gasteiger charge is -2.37. The van der Waals surface area contributed by atoms with Crippen LogP contribution in [0.5, 0.6) is 0 Å². The molecule has 2 heteroatoms. The first-order valence-electron chi connectivity index (χ1n) is 6.65. The van der Waals surface area contributed by atoms with Crippen molar-refractivity contribution < 1.29 is 4.74 Å². The van der Waals surface area contributed by atoms with E-state index in [9.17, 15) is 0 Å². The Labute approximate surface area is 99.2 Å². The highest BCUT2D eigenvalue weighted by molar-refractivity contribution is 5.11. The molecule has 16 heavy (non-hydrogen) atoms. The second-order valence-corrected chi connectivity index (χ2v) is 6.19. The van der Waals surface area contributed by atoms with Crippen LogP contribution in [0.25, 0.3) is 0 Å². The van der Waals surface area contributed by atoms with Gasteiger partial charge in [-0.3, -0.25) is 0 Å². The van der Waals surface area contributed by atoms with Gasteiger partial charge in [-0.05, 0) is 55.4 Å². The lowest BCUT2D eigenvalue weighted by molar-refractivity contribution is 0.171. The summed E-state index contributed by atoms with van der Waals surface area (Å²) in [6.45, 7) is 5.61. The van der Waals surface area contributed by atoms with Crippen molar-refractivity contribution in [1.29, 1.82) is 0 Å². The molecule has 1 heterocycles. The fourth-order valence-corrected chi connectivity index (χ4v) is 2.91. The van der Waals surface area contributed by atoms with E-state index in [1.165, 1.54) is 31.3 Å². The molecule has 2 nitrogen and oxygen atoms in total. The highest BCUT2D eigenvalue weighted by atomic mass is 16.5. The minimum Gasteiger partial charge on any atom is -0.501 e. The van der Waals surface area contributed by atoms with Crippen molar-refractivity contribution in [3.05, 3.63) is 11.8 Å². The summed E-state index contributed by atoms with van der Waals surface area (Å²) in [6.07, 6.45) is 9.41. The standard InChI is InChI=1S/C14H25NO/c1-14(2)7-5-11(6-8-14)13(15)12-4-3-9-16-10-12/h10-11,13H,3-9,15H2,1-2H3. The van der Waals surface area contributed by atoms with Crippen molar-refractivity contribution >= 4 is 0 Å². The van der Waals surface area contributed by atoms with Crippen LogP contribution in [0.1, 0.15) is 52.4 Å². The molecule has 0 saturated heterocycles. The molecule has 1 unspecified atom stereocenters. The monoisotopic (exact) mass is 223 g/mol. The molecule has 92 valence electrons. The van der Waals surface area contributed by atoms with E-state index in [2.05, 4.69) is 13.8 Å². The Bertz CT molecular complexity index is 260. The van der Waals surface area contributed by atoms with E-state index in [1.807, 2.05) is 6.26 Å². The molecule has 0 bridgehead atoms. The van der Waals surface area contributed by atoms with Gasteiger partial charge in [-0.15, -0.1) is 0 Å². The van der Waals surface area contributed by atoms with Gasteiger partial charge in [0.25, 0.3) is 0 Å². The molecule has 0 aromatic carbocycles. The van der Waals surface area contributed by atoms with E-state index in [4.69, 9.17) is 10.5 Å². The van der Waals surface area contributed by atoms with E-state index in [0.29, 0.717) is 11.3 Å². The van der Waals surface area contributed by atoms with Crippen LogP contribution in [0.15, 0.2) is 11.8 Å². The first-order valence-corrected chi connectivity index (χ1v) is 6.65. The van der Waals surface area contributed by atoms with Crippen LogP contribution in [-0.2, 0) is 4.74 Å². The van der Waals surface area contributed by atoms with Crippen molar-refractivity contribution in [2.45, 2.75) is 58.4 Å². The van der Waals surface area contributed by atoms with Gasteiger partial charge in [0, 0.05) is 6.04 Å². The van der Waals surface area contributed by atoms with Gasteiger partial charge in [-0.1, -0.05) is 13.8 Å². The van der Waals surface area contributed by atoms with Gasteiger partial charge in [0.05, 0.1) is 12.9 Å². The average molecular weight is 223 g/mol. The van der Waals surface area contributed by atoms with Crippen molar-refractivity contribution in [1.82, 2.24) is 0 Å². The van der Waals surface area contributed by atoms with Gasteiger partial charge in [0.15, 0.2) is 0 Å². The maximum Gasteiger partial charge on any atom is 0.0876 e. The lowest BCUT2D eigenvalue weighted by Crippen LogP contribution is -2.37. The van der Waals surface area contributed by atoms with Crippen LogP contribution in [0.4, 0.5) is 0 Å². The third kappa shape index (κ3) is 2.79. The van der Waals surface area contributed by atoms with Crippen LogP contribution in [0, 0.1) is 11.3 Å². The summed E-state index contributed by atoms with van der Waals surface area (Å²) in [5, 5.41) is 0. The van der Waals surface area contributed by atoms with Crippen LogP contribution >= 0.6 is 0 Å². The second kappa shape index (κ2) is 4.79. The van der Waals surface area contributed by atoms with Crippen LogP contribution in [-0.4, -0.2) is 12.6 Å². The minimum atomic E-state index is 0.247. The van der Waals surface area contributed by atoms with Crippen molar-refractivity contribution in [2.75, 3.05) is 6.61 Å². The molecule has 2 aliphatic rings. The maximum atomic E-state index is 6.36. The summed E-state index contributed by atoms with van der Waals surface area (Å²) in [5.74, 6) is 0.681. The van der Waals surface area contributed by atoms with Gasteiger partial charge in [-0.25, -0.2) is 0 Å². The second-order valence-electron chi connectivity index (χ2n) is 6.19. The van der Waals surface area contributed by atoms with Crippen LogP contribution < -0.4 is 5.73 Å². The fourth-order valence-electron chi connectivity index (χ4n) is 2.91. The fraction of sp³-hybridized carbons (Fsp3) is 0.857. The lowest BCUT2D eigenvalue weighted by atomic mass is 9.70. The van der Waals surface area contributed by atoms with Crippen LogP contribution in [0.3, 0.4) is 0 Å². The quantitative estimate of drug-likeness (QED) is 0.780.